The number of carbonyl (C=O) groups excluding carboxylic acids is 1. The van der Waals surface area contributed by atoms with Crippen molar-refractivity contribution >= 4 is 5.97 Å². The van der Waals surface area contributed by atoms with E-state index in [1.54, 1.807) is 0 Å². The van der Waals surface area contributed by atoms with E-state index in [0.29, 0.717) is 26.1 Å². The van der Waals surface area contributed by atoms with Gasteiger partial charge in [-0.15, -0.1) is 13.2 Å². The highest BCUT2D eigenvalue weighted by molar-refractivity contribution is 5.69. The number of esters is 1. The second-order valence-corrected chi connectivity index (χ2v) is 8.72. The smallest absolute Gasteiger partial charge is 0.305 e. The van der Waals surface area contributed by atoms with Gasteiger partial charge in [0.2, 0.25) is 0 Å². The molecule has 2 aliphatic rings. The van der Waals surface area contributed by atoms with E-state index in [2.05, 4.69) is 25.4 Å². The summed E-state index contributed by atoms with van der Waals surface area (Å²) in [6.07, 6.45) is 11.3. The number of carbonyl (C=O) groups is 1. The molecule has 2 saturated heterocycles. The van der Waals surface area contributed by atoms with Crippen LogP contribution in [-0.2, 0) is 9.53 Å². The number of nitrogens with zero attached hydrogens (tertiary/aromatic N) is 1. The second-order valence-electron chi connectivity index (χ2n) is 8.72. The number of piperidine rings is 2. The molecule has 2 N–H and O–H groups in total. The van der Waals surface area contributed by atoms with E-state index in [4.69, 9.17) is 4.74 Å². The van der Waals surface area contributed by atoms with Crippen LogP contribution in [0, 0.1) is 16.7 Å². The predicted molar refractivity (Wildman–Crippen MR) is 109 cm³/mol. The molecule has 2 aliphatic heterocycles. The molecule has 27 heavy (non-hydrogen) atoms. The highest BCUT2D eigenvalue weighted by atomic mass is 16.5. The first-order valence-electron chi connectivity index (χ1n) is 10.5. The molecule has 0 spiro atoms. The number of rotatable bonds is 10. The Hall–Kier alpha value is -1.17. The average Bonchev–Trinajstić information content (AvgIpc) is 2.66. The quantitative estimate of drug-likeness (QED) is 0.445. The molecule has 2 rings (SSSR count). The molecule has 3 unspecified atom stereocenters. The third kappa shape index (κ3) is 6.44. The van der Waals surface area contributed by atoms with Crippen LogP contribution in [0.2, 0.25) is 0 Å². The Kier molecular flexibility index (Phi) is 8.52. The van der Waals surface area contributed by atoms with Crippen LogP contribution in [-0.4, -0.2) is 49.0 Å². The van der Waals surface area contributed by atoms with Crippen molar-refractivity contribution in [3.05, 3.63) is 25.3 Å². The van der Waals surface area contributed by atoms with Gasteiger partial charge in [-0.05, 0) is 62.3 Å². The maximum Gasteiger partial charge on any atom is 0.305 e. The van der Waals surface area contributed by atoms with Crippen molar-refractivity contribution in [2.45, 2.75) is 58.3 Å². The number of hydrogen-bond donors (Lipinski definition) is 2. The first kappa shape index (κ1) is 22.1. The summed E-state index contributed by atoms with van der Waals surface area (Å²) in [6.45, 7) is 13.5. The molecular formula is C22H38N2O3. The van der Waals surface area contributed by atoms with Gasteiger partial charge in [-0.25, -0.2) is 0 Å². The third-order valence-corrected chi connectivity index (χ3v) is 6.51. The Balaban J connectivity index is 1.81. The van der Waals surface area contributed by atoms with Gasteiger partial charge < -0.3 is 15.3 Å². The summed E-state index contributed by atoms with van der Waals surface area (Å²) in [4.78, 5) is 12.4. The minimum Gasteiger partial charge on any atom is -0.465 e. The van der Waals surface area contributed by atoms with Crippen LogP contribution in [0.1, 0.15) is 58.3 Å². The SMILES string of the molecule is C=CCC1(CCC(=O)OCC2CN(O)CC(CC)(CC=C)C2)CCCNC1. The van der Waals surface area contributed by atoms with Crippen LogP contribution in [0.5, 0.6) is 0 Å². The zero-order chi connectivity index (χ0) is 19.8. The fourth-order valence-corrected chi connectivity index (χ4v) is 4.93. The normalized spacial score (nSPS) is 32.0. The summed E-state index contributed by atoms with van der Waals surface area (Å²) >= 11 is 0. The van der Waals surface area contributed by atoms with Crippen molar-refractivity contribution in [3.8, 4) is 0 Å². The lowest BCUT2D eigenvalue weighted by molar-refractivity contribution is -0.169. The van der Waals surface area contributed by atoms with Gasteiger partial charge in [0.05, 0.1) is 6.61 Å². The fourth-order valence-electron chi connectivity index (χ4n) is 4.93. The molecule has 0 saturated carbocycles. The first-order chi connectivity index (χ1) is 13.0. The van der Waals surface area contributed by atoms with Crippen molar-refractivity contribution in [1.29, 1.82) is 0 Å². The summed E-state index contributed by atoms with van der Waals surface area (Å²) in [6, 6.07) is 0. The second kappa shape index (κ2) is 10.4. The van der Waals surface area contributed by atoms with Crippen molar-refractivity contribution in [2.24, 2.45) is 16.7 Å². The minimum atomic E-state index is -0.120. The van der Waals surface area contributed by atoms with E-state index >= 15 is 0 Å². The molecule has 2 heterocycles. The van der Waals surface area contributed by atoms with Crippen LogP contribution in [0.3, 0.4) is 0 Å². The van der Waals surface area contributed by atoms with Crippen LogP contribution >= 0.6 is 0 Å². The summed E-state index contributed by atoms with van der Waals surface area (Å²) < 4.78 is 5.61. The maximum absolute atomic E-state index is 12.4. The van der Waals surface area contributed by atoms with Crippen molar-refractivity contribution in [1.82, 2.24) is 10.4 Å². The molecule has 5 heteroatoms. The molecule has 3 atom stereocenters. The number of allylic oxidation sites excluding steroid dienone is 2. The lowest BCUT2D eigenvalue weighted by atomic mass is 9.72. The van der Waals surface area contributed by atoms with Crippen LogP contribution in [0.4, 0.5) is 0 Å². The standard InChI is InChI=1S/C22H38N2O3/c1-4-9-21(6-3)14-19(15-24(26)18-21)16-27-20(25)8-12-22(10-5-2)11-7-13-23-17-22/h4-5,19,23,26H,1-2,6-18H2,3H3. The number of hydrogen-bond acceptors (Lipinski definition) is 5. The van der Waals surface area contributed by atoms with Gasteiger partial charge in [-0.3, -0.25) is 4.79 Å². The Labute approximate surface area is 164 Å². The molecule has 0 amide bonds. The summed E-state index contributed by atoms with van der Waals surface area (Å²) in [5.74, 6) is 0.0518. The molecule has 2 fully saturated rings. The molecular weight excluding hydrogens is 340 g/mol. The number of nitrogens with one attached hydrogen (secondary N) is 1. The number of hydroxylamine groups is 2. The van der Waals surface area contributed by atoms with Gasteiger partial charge in [-0.1, -0.05) is 19.1 Å². The van der Waals surface area contributed by atoms with Crippen LogP contribution in [0.25, 0.3) is 0 Å². The third-order valence-electron chi connectivity index (χ3n) is 6.51. The van der Waals surface area contributed by atoms with E-state index in [9.17, 15) is 10.0 Å². The highest BCUT2D eigenvalue weighted by Gasteiger charge is 2.38. The lowest BCUT2D eigenvalue weighted by Gasteiger charge is -2.43. The summed E-state index contributed by atoms with van der Waals surface area (Å²) in [7, 11) is 0. The molecule has 0 aromatic rings. The maximum atomic E-state index is 12.4. The zero-order valence-corrected chi connectivity index (χ0v) is 17.0. The largest absolute Gasteiger partial charge is 0.465 e. The molecule has 0 aromatic heterocycles. The Morgan fingerprint density at radius 1 is 1.33 bits per heavy atom. The van der Waals surface area contributed by atoms with Gasteiger partial charge in [0, 0.05) is 32.0 Å². The topological polar surface area (TPSA) is 61.8 Å². The van der Waals surface area contributed by atoms with E-state index in [-0.39, 0.29) is 22.7 Å². The molecule has 5 nitrogen and oxygen atoms in total. The monoisotopic (exact) mass is 378 g/mol. The van der Waals surface area contributed by atoms with E-state index in [1.165, 1.54) is 5.06 Å². The Morgan fingerprint density at radius 2 is 2.07 bits per heavy atom. The van der Waals surface area contributed by atoms with Crippen LogP contribution < -0.4 is 5.32 Å². The first-order valence-corrected chi connectivity index (χ1v) is 10.5. The van der Waals surface area contributed by atoms with Gasteiger partial charge in [0.1, 0.15) is 0 Å². The molecule has 0 aliphatic carbocycles. The van der Waals surface area contributed by atoms with E-state index in [0.717, 1.165) is 58.0 Å². The number of ether oxygens (including phenoxy) is 1. The summed E-state index contributed by atoms with van der Waals surface area (Å²) in [5, 5.41) is 15.0. The molecule has 154 valence electrons. The molecule has 0 radical (unpaired) electrons. The minimum absolute atomic E-state index is 0.0353. The Bertz CT molecular complexity index is 502. The van der Waals surface area contributed by atoms with Crippen molar-refractivity contribution < 1.29 is 14.7 Å². The van der Waals surface area contributed by atoms with E-state index in [1.807, 2.05) is 12.2 Å². The predicted octanol–water partition coefficient (Wildman–Crippen LogP) is 3.94. The van der Waals surface area contributed by atoms with Crippen molar-refractivity contribution in [3.63, 3.8) is 0 Å². The fraction of sp³-hybridized carbons (Fsp3) is 0.773. The van der Waals surface area contributed by atoms with Crippen LogP contribution in [0.15, 0.2) is 25.3 Å². The Morgan fingerprint density at radius 3 is 2.70 bits per heavy atom. The van der Waals surface area contributed by atoms with Gasteiger partial charge >= 0.3 is 5.97 Å². The summed E-state index contributed by atoms with van der Waals surface area (Å²) in [5.41, 5.74) is 0.181. The highest BCUT2D eigenvalue weighted by Crippen LogP contribution is 2.39. The van der Waals surface area contributed by atoms with E-state index < -0.39 is 0 Å². The average molecular weight is 379 g/mol. The van der Waals surface area contributed by atoms with Gasteiger partial charge in [0.25, 0.3) is 0 Å². The molecule has 0 aromatic carbocycles. The lowest BCUT2D eigenvalue weighted by Crippen LogP contribution is -2.46. The zero-order valence-electron chi connectivity index (χ0n) is 17.0. The van der Waals surface area contributed by atoms with Gasteiger partial charge in [0.15, 0.2) is 0 Å². The molecule has 0 bridgehead atoms. The van der Waals surface area contributed by atoms with Gasteiger partial charge in [-0.2, -0.15) is 5.06 Å². The van der Waals surface area contributed by atoms with Crippen molar-refractivity contribution in [2.75, 3.05) is 32.8 Å².